The monoisotopic (exact) mass is 595 g/mol. The molecule has 0 atom stereocenters. The third-order valence-electron chi connectivity index (χ3n) is 7.86. The lowest BCUT2D eigenvalue weighted by Crippen LogP contribution is -2.53. The Bertz CT molecular complexity index is 1730. The van der Waals surface area contributed by atoms with E-state index in [0.717, 1.165) is 18.9 Å². The second kappa shape index (κ2) is 11.7. The fourth-order valence-electron chi connectivity index (χ4n) is 5.38. The zero-order valence-corrected chi connectivity index (χ0v) is 24.1. The molecule has 2 fully saturated rings. The smallest absolute Gasteiger partial charge is 0.331 e. The molecule has 3 aromatic rings. The summed E-state index contributed by atoms with van der Waals surface area (Å²) < 4.78 is 23.4. The molecule has 0 unspecified atom stereocenters. The summed E-state index contributed by atoms with van der Waals surface area (Å²) in [6, 6.07) is 8.31. The summed E-state index contributed by atoms with van der Waals surface area (Å²) >= 11 is 6.10. The number of aromatic nitrogens is 2. The molecule has 0 spiro atoms. The number of hydrogen-bond acceptors (Lipinski definition) is 6. The number of hydrogen-bond donors (Lipinski definition) is 2. The van der Waals surface area contributed by atoms with Crippen LogP contribution in [0.1, 0.15) is 67.9 Å². The minimum absolute atomic E-state index is 0.132. The second-order valence-corrected chi connectivity index (χ2v) is 11.7. The number of anilines is 1. The topological polar surface area (TPSA) is 135 Å². The highest BCUT2D eigenvalue weighted by Gasteiger charge is 2.37. The van der Waals surface area contributed by atoms with Crippen molar-refractivity contribution in [3.8, 4) is 6.07 Å². The van der Waals surface area contributed by atoms with E-state index >= 15 is 4.39 Å². The van der Waals surface area contributed by atoms with Gasteiger partial charge in [-0.05, 0) is 69.7 Å². The second-order valence-electron chi connectivity index (χ2n) is 11.3. The van der Waals surface area contributed by atoms with E-state index in [1.54, 1.807) is 13.8 Å². The van der Waals surface area contributed by atoms with Crippen LogP contribution in [0.4, 0.5) is 10.1 Å². The zero-order valence-electron chi connectivity index (χ0n) is 23.3. The molecule has 2 aliphatic rings. The predicted molar refractivity (Wildman–Crippen MR) is 155 cm³/mol. The van der Waals surface area contributed by atoms with E-state index in [4.69, 9.17) is 21.6 Å². The van der Waals surface area contributed by atoms with E-state index in [0.29, 0.717) is 32.6 Å². The summed E-state index contributed by atoms with van der Waals surface area (Å²) in [4.78, 5) is 52.9. The Labute approximate surface area is 246 Å². The van der Waals surface area contributed by atoms with Crippen LogP contribution in [0.2, 0.25) is 5.02 Å². The maximum absolute atomic E-state index is 15.3. The van der Waals surface area contributed by atoms with Crippen LogP contribution in [0.15, 0.2) is 39.9 Å². The minimum atomic E-state index is -0.984. The molecule has 5 rings (SSSR count). The highest BCUT2D eigenvalue weighted by Crippen LogP contribution is 2.31. The molecule has 1 saturated heterocycles. The molecule has 2 aromatic carbocycles. The fourth-order valence-corrected chi connectivity index (χ4v) is 5.61. The van der Waals surface area contributed by atoms with E-state index in [-0.39, 0.29) is 51.1 Å². The van der Waals surface area contributed by atoms with E-state index in [2.05, 4.69) is 10.6 Å². The van der Waals surface area contributed by atoms with Gasteiger partial charge in [-0.1, -0.05) is 11.6 Å². The van der Waals surface area contributed by atoms with Crippen molar-refractivity contribution in [2.75, 3.05) is 18.5 Å². The standard InChI is InChI=1S/C30H31ClFN5O5/c1-17(2)37-25-13-23(32)24(12-21(25)28(40)36(29(37)41)16-18-3-4-18)34-26(38)14-30(7-9-42-10-8-30)35-27(39)19-5-6-20(15-33)22(31)11-19/h5-6,11-13,17-18H,3-4,7-10,14,16H2,1-2H3,(H,34,38)(H,35,39). The molecular formula is C30H31ClFN5O5. The van der Waals surface area contributed by atoms with Gasteiger partial charge in [-0.15, -0.1) is 0 Å². The van der Waals surface area contributed by atoms with Crippen molar-refractivity contribution < 1.29 is 18.7 Å². The van der Waals surface area contributed by atoms with Gasteiger partial charge in [0.05, 0.1) is 39.1 Å². The third-order valence-corrected chi connectivity index (χ3v) is 8.18. The number of carbonyl (C=O) groups excluding carboxylic acids is 2. The van der Waals surface area contributed by atoms with Crippen LogP contribution >= 0.6 is 11.6 Å². The molecular weight excluding hydrogens is 565 g/mol. The van der Waals surface area contributed by atoms with Gasteiger partial charge in [0.2, 0.25) is 5.91 Å². The zero-order chi connectivity index (χ0) is 30.2. The van der Waals surface area contributed by atoms with Gasteiger partial charge in [0.25, 0.3) is 11.5 Å². The summed E-state index contributed by atoms with van der Waals surface area (Å²) in [6.45, 7) is 4.48. The molecule has 2 amide bonds. The lowest BCUT2D eigenvalue weighted by atomic mass is 9.85. The summed E-state index contributed by atoms with van der Waals surface area (Å²) in [5.41, 5.74) is -1.56. The molecule has 10 nitrogen and oxygen atoms in total. The van der Waals surface area contributed by atoms with Crippen molar-refractivity contribution in [2.24, 2.45) is 5.92 Å². The van der Waals surface area contributed by atoms with Crippen molar-refractivity contribution in [1.29, 1.82) is 5.26 Å². The predicted octanol–water partition coefficient (Wildman–Crippen LogP) is 4.13. The Morgan fingerprint density at radius 3 is 2.52 bits per heavy atom. The van der Waals surface area contributed by atoms with Gasteiger partial charge in [0.15, 0.2) is 0 Å². The van der Waals surface area contributed by atoms with Crippen molar-refractivity contribution >= 4 is 40.0 Å². The van der Waals surface area contributed by atoms with E-state index < -0.39 is 34.4 Å². The molecule has 12 heteroatoms. The van der Waals surface area contributed by atoms with Gasteiger partial charge < -0.3 is 15.4 Å². The molecule has 1 aliphatic carbocycles. The average Bonchev–Trinajstić information content (AvgIpc) is 3.76. The first-order valence-electron chi connectivity index (χ1n) is 13.9. The van der Waals surface area contributed by atoms with Crippen molar-refractivity contribution in [3.05, 3.63) is 73.1 Å². The molecule has 1 aliphatic heterocycles. The van der Waals surface area contributed by atoms with Crippen LogP contribution in [0.5, 0.6) is 0 Å². The number of amides is 2. The Balaban J connectivity index is 1.42. The fraction of sp³-hybridized carbons (Fsp3) is 0.433. The summed E-state index contributed by atoms with van der Waals surface area (Å²) in [5.74, 6) is -1.57. The first-order valence-corrected chi connectivity index (χ1v) is 14.3. The quantitative estimate of drug-likeness (QED) is 0.402. The number of nitrogens with one attached hydrogen (secondary N) is 2. The van der Waals surface area contributed by atoms with E-state index in [9.17, 15) is 19.2 Å². The summed E-state index contributed by atoms with van der Waals surface area (Å²) in [5, 5.41) is 14.9. The van der Waals surface area contributed by atoms with Crippen LogP contribution in [0.25, 0.3) is 10.9 Å². The Kier molecular flexibility index (Phi) is 8.21. The van der Waals surface area contributed by atoms with E-state index in [1.807, 2.05) is 6.07 Å². The van der Waals surface area contributed by atoms with Crippen molar-refractivity contribution in [1.82, 2.24) is 14.5 Å². The highest BCUT2D eigenvalue weighted by molar-refractivity contribution is 6.32. The average molecular weight is 596 g/mol. The highest BCUT2D eigenvalue weighted by atomic mass is 35.5. The summed E-state index contributed by atoms with van der Waals surface area (Å²) in [6.07, 6.45) is 2.38. The van der Waals surface area contributed by atoms with E-state index in [1.165, 1.54) is 33.4 Å². The maximum atomic E-state index is 15.3. The Morgan fingerprint density at radius 2 is 1.90 bits per heavy atom. The minimum Gasteiger partial charge on any atom is -0.381 e. The van der Waals surface area contributed by atoms with Gasteiger partial charge in [-0.3, -0.25) is 23.5 Å². The number of rotatable bonds is 8. The van der Waals surface area contributed by atoms with Gasteiger partial charge in [-0.2, -0.15) is 5.26 Å². The van der Waals surface area contributed by atoms with Crippen LogP contribution in [-0.4, -0.2) is 39.7 Å². The first-order chi connectivity index (χ1) is 20.0. The van der Waals surface area contributed by atoms with Gasteiger partial charge in [0.1, 0.15) is 11.9 Å². The van der Waals surface area contributed by atoms with Crippen molar-refractivity contribution in [2.45, 2.75) is 64.1 Å². The molecule has 2 heterocycles. The largest absolute Gasteiger partial charge is 0.381 e. The summed E-state index contributed by atoms with van der Waals surface area (Å²) in [7, 11) is 0. The number of nitrogens with zero attached hydrogens (tertiary/aromatic N) is 3. The molecule has 42 heavy (non-hydrogen) atoms. The number of ether oxygens (including phenoxy) is 1. The molecule has 1 aromatic heterocycles. The van der Waals surface area contributed by atoms with Crippen LogP contribution in [0.3, 0.4) is 0 Å². The SMILES string of the molecule is CC(C)n1c(=O)n(CC2CC2)c(=O)c2cc(NC(=O)CC3(NC(=O)c4ccc(C#N)c(Cl)c4)CCOCC3)c(F)cc21. The Morgan fingerprint density at radius 1 is 1.19 bits per heavy atom. The van der Waals surface area contributed by atoms with Crippen LogP contribution in [0, 0.1) is 23.1 Å². The Hall–Kier alpha value is -4.01. The number of nitriles is 1. The molecule has 220 valence electrons. The van der Waals surface area contributed by atoms with Gasteiger partial charge in [-0.25, -0.2) is 9.18 Å². The number of fused-ring (bicyclic) bond motifs is 1. The first kappa shape index (κ1) is 29.5. The molecule has 1 saturated carbocycles. The number of carbonyl (C=O) groups is 2. The lowest BCUT2D eigenvalue weighted by Gasteiger charge is -2.37. The molecule has 2 N–H and O–H groups in total. The number of benzene rings is 2. The lowest BCUT2D eigenvalue weighted by molar-refractivity contribution is -0.118. The van der Waals surface area contributed by atoms with Crippen molar-refractivity contribution in [3.63, 3.8) is 0 Å². The third kappa shape index (κ3) is 5.96. The molecule has 0 bridgehead atoms. The van der Waals surface area contributed by atoms with Crippen LogP contribution < -0.4 is 21.9 Å². The van der Waals surface area contributed by atoms with Gasteiger partial charge in [0, 0.05) is 37.4 Å². The van der Waals surface area contributed by atoms with Gasteiger partial charge >= 0.3 is 5.69 Å². The maximum Gasteiger partial charge on any atom is 0.331 e. The normalized spacial score (nSPS) is 16.3. The number of halogens is 2. The van der Waals surface area contributed by atoms with Crippen LogP contribution in [-0.2, 0) is 16.1 Å². The molecule has 0 radical (unpaired) electrons.